The number of nitrogens with zero attached hydrogens (tertiary/aromatic N) is 2. The highest BCUT2D eigenvalue weighted by Crippen LogP contribution is 2.24. The molecule has 1 aromatic heterocycles. The minimum Gasteiger partial charge on any atom is -0.494 e. The fourth-order valence-electron chi connectivity index (χ4n) is 3.36. The van der Waals surface area contributed by atoms with Crippen LogP contribution in [0.3, 0.4) is 0 Å². The summed E-state index contributed by atoms with van der Waals surface area (Å²) in [5.41, 5.74) is 0.517. The highest BCUT2D eigenvalue weighted by atomic mass is 32.1. The zero-order valence-corrected chi connectivity index (χ0v) is 18.6. The summed E-state index contributed by atoms with van der Waals surface area (Å²) in [6.45, 7) is 0. The second-order valence-electron chi connectivity index (χ2n) is 6.99. The molecule has 0 saturated carbocycles. The summed E-state index contributed by atoms with van der Waals surface area (Å²) in [4.78, 5) is 28.8. The van der Waals surface area contributed by atoms with Crippen molar-refractivity contribution in [3.63, 3.8) is 0 Å². The molecule has 10 heteroatoms. The molecule has 1 fully saturated rings. The fourth-order valence-corrected chi connectivity index (χ4v) is 3.94. The summed E-state index contributed by atoms with van der Waals surface area (Å²) in [5, 5.41) is 24.1. The van der Waals surface area contributed by atoms with Crippen LogP contribution in [-0.2, 0) is 4.79 Å². The Bertz CT molecular complexity index is 1400. The van der Waals surface area contributed by atoms with Crippen LogP contribution >= 0.6 is 24.4 Å². The van der Waals surface area contributed by atoms with E-state index in [1.807, 2.05) is 12.1 Å². The molecule has 0 aliphatic carbocycles. The topological polar surface area (TPSA) is 111 Å². The number of hydrogen-bond acceptors (Lipinski definition) is 6. The van der Waals surface area contributed by atoms with Crippen LogP contribution in [0, 0.1) is 4.77 Å². The van der Waals surface area contributed by atoms with Crippen LogP contribution in [0.2, 0.25) is 0 Å². The molecule has 0 spiro atoms. The second-order valence-corrected chi connectivity index (χ2v) is 7.76. The van der Waals surface area contributed by atoms with Crippen molar-refractivity contribution in [3.05, 3.63) is 99.1 Å². The minimum atomic E-state index is -1.34. The smallest absolute Gasteiger partial charge is 0.262 e. The van der Waals surface area contributed by atoms with E-state index < -0.39 is 17.7 Å². The molecule has 0 radical (unpaired) electrons. The Hall–Kier alpha value is -3.86. The number of para-hydroxylation sites is 2. The van der Waals surface area contributed by atoms with E-state index in [0.29, 0.717) is 11.4 Å². The Morgan fingerprint density at radius 3 is 2.18 bits per heavy atom. The Labute approximate surface area is 198 Å². The predicted molar refractivity (Wildman–Crippen MR) is 132 cm³/mol. The molecular formula is C23H18N4O4S2. The third kappa shape index (κ3) is 4.40. The Morgan fingerprint density at radius 2 is 1.55 bits per heavy atom. The molecule has 1 aliphatic rings. The van der Waals surface area contributed by atoms with Crippen LogP contribution in [0.5, 0.6) is 5.88 Å². The predicted octanol–water partition coefficient (Wildman–Crippen LogP) is 2.78. The zero-order valence-electron chi connectivity index (χ0n) is 17.0. The van der Waals surface area contributed by atoms with Crippen molar-refractivity contribution in [1.82, 2.24) is 14.9 Å². The van der Waals surface area contributed by atoms with Crippen LogP contribution in [0.25, 0.3) is 11.8 Å². The number of rotatable bonds is 4. The average Bonchev–Trinajstić information content (AvgIpc) is 2.79. The number of carbonyl (C=O) groups is 1. The molecule has 8 nitrogen and oxygen atoms in total. The van der Waals surface area contributed by atoms with Crippen molar-refractivity contribution < 1.29 is 15.0 Å². The Morgan fingerprint density at radius 1 is 0.939 bits per heavy atom. The van der Waals surface area contributed by atoms with Gasteiger partial charge in [-0.25, -0.2) is 0 Å². The van der Waals surface area contributed by atoms with Crippen LogP contribution < -0.4 is 15.8 Å². The van der Waals surface area contributed by atoms with Crippen molar-refractivity contribution in [2.45, 2.75) is 6.23 Å². The molecule has 4 rings (SSSR count). The first-order valence-electron chi connectivity index (χ1n) is 9.78. The third-order valence-corrected chi connectivity index (χ3v) is 5.52. The number of aromatic amines is 1. The van der Waals surface area contributed by atoms with Gasteiger partial charge in [-0.2, -0.15) is 0 Å². The number of hydrogen-bond donors (Lipinski definition) is 4. The van der Waals surface area contributed by atoms with Gasteiger partial charge in [0.25, 0.3) is 11.5 Å². The first-order chi connectivity index (χ1) is 15.9. The number of benzene rings is 2. The van der Waals surface area contributed by atoms with Crippen molar-refractivity contribution in [2.24, 2.45) is 0 Å². The summed E-state index contributed by atoms with van der Waals surface area (Å²) >= 11 is 10.4. The molecule has 1 aliphatic heterocycles. The van der Waals surface area contributed by atoms with Gasteiger partial charge in [0, 0.05) is 5.69 Å². The van der Waals surface area contributed by atoms with Crippen molar-refractivity contribution in [1.29, 1.82) is 0 Å². The highest BCUT2D eigenvalue weighted by molar-refractivity contribution is 7.80. The van der Waals surface area contributed by atoms with E-state index in [-0.39, 0.29) is 26.9 Å². The van der Waals surface area contributed by atoms with Crippen molar-refractivity contribution in [2.75, 3.05) is 4.90 Å². The van der Waals surface area contributed by atoms with E-state index in [1.165, 1.54) is 27.7 Å². The molecule has 33 heavy (non-hydrogen) atoms. The van der Waals surface area contributed by atoms with Crippen LogP contribution in [0.4, 0.5) is 5.69 Å². The Balaban J connectivity index is 1.70. The van der Waals surface area contributed by atoms with Gasteiger partial charge in [0.15, 0.2) is 16.1 Å². The van der Waals surface area contributed by atoms with E-state index >= 15 is 0 Å². The maximum atomic E-state index is 12.4. The van der Waals surface area contributed by atoms with E-state index in [1.54, 1.807) is 48.5 Å². The maximum absolute atomic E-state index is 12.4. The summed E-state index contributed by atoms with van der Waals surface area (Å²) in [6, 6.07) is 17.7. The van der Waals surface area contributed by atoms with E-state index in [9.17, 15) is 19.8 Å². The number of allylic oxidation sites excluding steroid dienone is 2. The number of amides is 1. The number of anilines is 1. The van der Waals surface area contributed by atoms with Gasteiger partial charge in [0.05, 0.1) is 11.3 Å². The number of aliphatic hydroxyl groups excluding tert-OH is 1. The number of thiocarbonyl (C=S) groups is 1. The van der Waals surface area contributed by atoms with Gasteiger partial charge in [0.2, 0.25) is 5.88 Å². The zero-order chi connectivity index (χ0) is 23.5. The standard InChI is InChI=1S/C23H18N4O4S2/c28-18-16(20(30)26(22(32)24-18)14-8-3-1-4-9-14)12-7-13-17-19(29)25-23(33)27(21(17)31)15-10-5-2-6-11-15/h1-13,20,30-31H,(H,24,28,32)(H,25,29,33). The molecule has 0 bridgehead atoms. The normalized spacial score (nSPS) is 17.5. The third-order valence-electron chi connectivity index (χ3n) is 4.93. The van der Waals surface area contributed by atoms with E-state index in [2.05, 4.69) is 10.3 Å². The Kier molecular flexibility index (Phi) is 6.31. The number of nitrogens with one attached hydrogen (secondary N) is 2. The summed E-state index contributed by atoms with van der Waals surface area (Å²) in [7, 11) is 0. The lowest BCUT2D eigenvalue weighted by atomic mass is 10.1. The lowest BCUT2D eigenvalue weighted by Gasteiger charge is -2.35. The van der Waals surface area contributed by atoms with Gasteiger partial charge in [-0.1, -0.05) is 42.5 Å². The van der Waals surface area contributed by atoms with Crippen molar-refractivity contribution in [3.8, 4) is 11.6 Å². The van der Waals surface area contributed by atoms with Gasteiger partial charge >= 0.3 is 0 Å². The quantitative estimate of drug-likeness (QED) is 0.337. The van der Waals surface area contributed by atoms with E-state index in [4.69, 9.17) is 24.4 Å². The molecule has 3 aromatic rings. The molecule has 1 atom stereocenters. The maximum Gasteiger partial charge on any atom is 0.262 e. The molecule has 4 N–H and O–H groups in total. The van der Waals surface area contributed by atoms with Crippen LogP contribution in [0.15, 0.2) is 83.2 Å². The van der Waals surface area contributed by atoms with Gasteiger partial charge in [0.1, 0.15) is 5.56 Å². The van der Waals surface area contributed by atoms with Crippen molar-refractivity contribution >= 4 is 47.2 Å². The molecule has 2 aromatic carbocycles. The average molecular weight is 479 g/mol. The lowest BCUT2D eigenvalue weighted by Crippen LogP contribution is -2.56. The second kappa shape index (κ2) is 9.33. The van der Waals surface area contributed by atoms with E-state index in [0.717, 1.165) is 0 Å². The summed E-state index contributed by atoms with van der Waals surface area (Å²) in [5.74, 6) is -0.923. The molecule has 2 heterocycles. The fraction of sp³-hybridized carbons (Fsp3) is 0.0435. The minimum absolute atomic E-state index is 0.00967. The van der Waals surface area contributed by atoms with Gasteiger partial charge in [-0.15, -0.1) is 0 Å². The van der Waals surface area contributed by atoms with Crippen LogP contribution in [-0.4, -0.2) is 37.0 Å². The molecule has 1 unspecified atom stereocenters. The summed E-state index contributed by atoms with van der Waals surface area (Å²) in [6.07, 6.45) is 2.73. The first-order valence-corrected chi connectivity index (χ1v) is 10.6. The van der Waals surface area contributed by atoms with Gasteiger partial charge in [-0.3, -0.25) is 29.4 Å². The SMILES string of the molecule is O=C1NC(=S)N(c2ccccc2)C(O)C1=CC=Cc1c(O)n(-c2ccccc2)c(=S)[nH]c1=O. The number of H-pyrrole nitrogens is 1. The number of aliphatic hydroxyl groups is 1. The van der Waals surface area contributed by atoms with Gasteiger partial charge < -0.3 is 10.2 Å². The molecule has 1 amide bonds. The monoisotopic (exact) mass is 478 g/mol. The van der Waals surface area contributed by atoms with Gasteiger partial charge in [-0.05, 0) is 60.9 Å². The lowest BCUT2D eigenvalue weighted by molar-refractivity contribution is -0.117. The molecular weight excluding hydrogens is 460 g/mol. The first kappa shape index (κ1) is 22.3. The molecule has 166 valence electrons. The largest absolute Gasteiger partial charge is 0.494 e. The summed E-state index contributed by atoms with van der Waals surface area (Å²) < 4.78 is 1.36. The number of aromatic hydroxyl groups is 1. The van der Waals surface area contributed by atoms with Crippen LogP contribution in [0.1, 0.15) is 5.56 Å². The number of aromatic nitrogens is 2. The highest BCUT2D eigenvalue weighted by Gasteiger charge is 2.34. The molecule has 1 saturated heterocycles. The number of carbonyl (C=O) groups excluding carboxylic acids is 1.